The second kappa shape index (κ2) is 7.52. The molecule has 1 aromatic heterocycles. The summed E-state index contributed by atoms with van der Waals surface area (Å²) in [5, 5.41) is 4.05. The Kier molecular flexibility index (Phi) is 5.35. The molecule has 0 bridgehead atoms. The van der Waals surface area contributed by atoms with Crippen LogP contribution >= 0.6 is 0 Å². The summed E-state index contributed by atoms with van der Waals surface area (Å²) in [6, 6.07) is 5.61. The molecule has 1 aromatic carbocycles. The molecule has 0 spiro atoms. The number of aryl methyl sites for hydroxylation is 2. The van der Waals surface area contributed by atoms with Crippen molar-refractivity contribution >= 4 is 22.8 Å². The predicted octanol–water partition coefficient (Wildman–Crippen LogP) is 4.02. The molecule has 26 heavy (non-hydrogen) atoms. The van der Waals surface area contributed by atoms with Gasteiger partial charge in [0, 0.05) is 22.6 Å². The molecule has 1 amide bonds. The fraction of sp³-hybridized carbons (Fsp3) is 0.524. The molecule has 3 atom stereocenters. The van der Waals surface area contributed by atoms with E-state index >= 15 is 0 Å². The van der Waals surface area contributed by atoms with Gasteiger partial charge in [-0.3, -0.25) is 4.79 Å². The maximum Gasteiger partial charge on any atom is 0.338 e. The van der Waals surface area contributed by atoms with E-state index in [0.29, 0.717) is 11.5 Å². The summed E-state index contributed by atoms with van der Waals surface area (Å²) in [5.41, 5.74) is 3.66. The number of nitrogens with one attached hydrogen (secondary N) is 2. The maximum atomic E-state index is 12.5. The molecule has 1 heterocycles. The van der Waals surface area contributed by atoms with Gasteiger partial charge < -0.3 is 15.0 Å². The van der Waals surface area contributed by atoms with Crippen LogP contribution in [0.1, 0.15) is 61.1 Å². The van der Waals surface area contributed by atoms with Crippen LogP contribution in [-0.2, 0) is 9.53 Å². The molecule has 2 N–H and O–H groups in total. The minimum Gasteiger partial charge on any atom is -0.449 e. The Balaban J connectivity index is 1.65. The fourth-order valence-electron chi connectivity index (χ4n) is 3.70. The van der Waals surface area contributed by atoms with Crippen molar-refractivity contribution < 1.29 is 14.3 Å². The second-order valence-corrected chi connectivity index (χ2v) is 7.56. The van der Waals surface area contributed by atoms with Crippen LogP contribution in [0.15, 0.2) is 18.2 Å². The lowest BCUT2D eigenvalue weighted by atomic mass is 9.86. The summed E-state index contributed by atoms with van der Waals surface area (Å²) in [7, 11) is 0. The Hall–Kier alpha value is -2.30. The SMILES string of the molecule is Cc1[nH]c2ccc(C(=O)O[C@H](C)C(=O)N[C@H]3CCCC[C@@H]3C)cc2c1C. The van der Waals surface area contributed by atoms with E-state index in [0.717, 1.165) is 41.4 Å². The van der Waals surface area contributed by atoms with Crippen molar-refractivity contribution in [2.45, 2.75) is 65.5 Å². The third kappa shape index (κ3) is 3.76. The maximum absolute atomic E-state index is 12.5. The zero-order chi connectivity index (χ0) is 18.8. The predicted molar refractivity (Wildman–Crippen MR) is 102 cm³/mol. The fourth-order valence-corrected chi connectivity index (χ4v) is 3.70. The van der Waals surface area contributed by atoms with Gasteiger partial charge in [0.1, 0.15) is 0 Å². The number of amides is 1. The van der Waals surface area contributed by atoms with Crippen molar-refractivity contribution in [2.24, 2.45) is 5.92 Å². The van der Waals surface area contributed by atoms with Gasteiger partial charge in [-0.25, -0.2) is 4.79 Å². The van der Waals surface area contributed by atoms with Crippen LogP contribution in [0, 0.1) is 19.8 Å². The van der Waals surface area contributed by atoms with Crippen LogP contribution in [0.5, 0.6) is 0 Å². The number of carbonyl (C=O) groups is 2. The van der Waals surface area contributed by atoms with E-state index in [4.69, 9.17) is 4.74 Å². The first-order valence-electron chi connectivity index (χ1n) is 9.47. The van der Waals surface area contributed by atoms with E-state index in [2.05, 4.69) is 17.2 Å². The number of benzene rings is 1. The number of aromatic amines is 1. The van der Waals surface area contributed by atoms with Crippen LogP contribution in [0.2, 0.25) is 0 Å². The minimum absolute atomic E-state index is 0.180. The molecule has 5 nitrogen and oxygen atoms in total. The van der Waals surface area contributed by atoms with E-state index in [-0.39, 0.29) is 11.9 Å². The van der Waals surface area contributed by atoms with Crippen LogP contribution in [0.4, 0.5) is 0 Å². The zero-order valence-electron chi connectivity index (χ0n) is 16.0. The molecule has 1 fully saturated rings. The molecular weight excluding hydrogens is 328 g/mol. The van der Waals surface area contributed by atoms with Gasteiger partial charge in [-0.05, 0) is 63.3 Å². The van der Waals surface area contributed by atoms with Crippen molar-refractivity contribution in [1.29, 1.82) is 0 Å². The standard InChI is InChI=1S/C21H28N2O3/c1-12-7-5-6-8-18(12)23-20(24)15(4)26-21(25)16-9-10-19-17(11-16)13(2)14(3)22-19/h9-12,15,18,22H,5-8H2,1-4H3,(H,23,24)/t12-,15+,18-/m0/s1. The Labute approximate surface area is 154 Å². The normalized spacial score (nSPS) is 21.4. The number of hydrogen-bond acceptors (Lipinski definition) is 3. The average molecular weight is 356 g/mol. The largest absolute Gasteiger partial charge is 0.449 e. The number of aromatic nitrogens is 1. The first-order chi connectivity index (χ1) is 12.4. The van der Waals surface area contributed by atoms with Crippen molar-refractivity contribution in [3.8, 4) is 0 Å². The number of esters is 1. The molecule has 5 heteroatoms. The Morgan fingerprint density at radius 3 is 2.69 bits per heavy atom. The smallest absolute Gasteiger partial charge is 0.338 e. The Morgan fingerprint density at radius 1 is 1.23 bits per heavy atom. The number of carbonyl (C=O) groups excluding carboxylic acids is 2. The number of fused-ring (bicyclic) bond motifs is 1. The van der Waals surface area contributed by atoms with Crippen molar-refractivity contribution in [2.75, 3.05) is 0 Å². The van der Waals surface area contributed by atoms with Crippen LogP contribution in [0.3, 0.4) is 0 Å². The lowest BCUT2D eigenvalue weighted by Crippen LogP contribution is -2.45. The highest BCUT2D eigenvalue weighted by molar-refractivity contribution is 5.97. The minimum atomic E-state index is -0.804. The number of H-pyrrole nitrogens is 1. The molecule has 0 radical (unpaired) electrons. The summed E-state index contributed by atoms with van der Waals surface area (Å²) < 4.78 is 5.41. The summed E-state index contributed by atoms with van der Waals surface area (Å²) in [6.07, 6.45) is 3.68. The van der Waals surface area contributed by atoms with Gasteiger partial charge in [0.05, 0.1) is 5.56 Å². The molecule has 1 saturated carbocycles. The van der Waals surface area contributed by atoms with Gasteiger partial charge in [-0.1, -0.05) is 19.8 Å². The molecule has 2 aromatic rings. The first kappa shape index (κ1) is 18.5. The van der Waals surface area contributed by atoms with Crippen LogP contribution < -0.4 is 5.32 Å². The van der Waals surface area contributed by atoms with Crippen molar-refractivity contribution in [3.05, 3.63) is 35.0 Å². The van der Waals surface area contributed by atoms with E-state index in [9.17, 15) is 9.59 Å². The van der Waals surface area contributed by atoms with E-state index in [1.807, 2.05) is 26.0 Å². The molecular formula is C21H28N2O3. The topological polar surface area (TPSA) is 71.2 Å². The quantitative estimate of drug-likeness (QED) is 0.813. The molecule has 140 valence electrons. The molecule has 3 rings (SSSR count). The second-order valence-electron chi connectivity index (χ2n) is 7.56. The summed E-state index contributed by atoms with van der Waals surface area (Å²) >= 11 is 0. The number of hydrogen-bond donors (Lipinski definition) is 2. The highest BCUT2D eigenvalue weighted by Crippen LogP contribution is 2.24. The molecule has 0 aliphatic heterocycles. The third-order valence-electron chi connectivity index (χ3n) is 5.64. The van der Waals surface area contributed by atoms with Gasteiger partial charge in [0.25, 0.3) is 5.91 Å². The van der Waals surface area contributed by atoms with Gasteiger partial charge in [-0.2, -0.15) is 0 Å². The average Bonchev–Trinajstić information content (AvgIpc) is 2.90. The summed E-state index contributed by atoms with van der Waals surface area (Å²) in [5.74, 6) is -0.214. The van der Waals surface area contributed by atoms with Crippen molar-refractivity contribution in [1.82, 2.24) is 10.3 Å². The van der Waals surface area contributed by atoms with Gasteiger partial charge >= 0.3 is 5.97 Å². The van der Waals surface area contributed by atoms with Gasteiger partial charge in [0.2, 0.25) is 0 Å². The molecule has 1 aliphatic rings. The highest BCUT2D eigenvalue weighted by Gasteiger charge is 2.26. The Morgan fingerprint density at radius 2 is 1.96 bits per heavy atom. The highest BCUT2D eigenvalue weighted by atomic mass is 16.5. The van der Waals surface area contributed by atoms with E-state index in [1.165, 1.54) is 6.42 Å². The van der Waals surface area contributed by atoms with Crippen molar-refractivity contribution in [3.63, 3.8) is 0 Å². The molecule has 0 unspecified atom stereocenters. The zero-order valence-corrected chi connectivity index (χ0v) is 16.0. The third-order valence-corrected chi connectivity index (χ3v) is 5.64. The molecule has 0 saturated heterocycles. The van der Waals surface area contributed by atoms with Gasteiger partial charge in [-0.15, -0.1) is 0 Å². The monoisotopic (exact) mass is 356 g/mol. The number of rotatable bonds is 4. The first-order valence-corrected chi connectivity index (χ1v) is 9.47. The summed E-state index contributed by atoms with van der Waals surface area (Å²) in [4.78, 5) is 28.2. The van der Waals surface area contributed by atoms with Crippen LogP contribution in [-0.4, -0.2) is 29.0 Å². The van der Waals surface area contributed by atoms with E-state index < -0.39 is 12.1 Å². The van der Waals surface area contributed by atoms with Gasteiger partial charge in [0.15, 0.2) is 6.10 Å². The molecule has 1 aliphatic carbocycles. The lowest BCUT2D eigenvalue weighted by molar-refractivity contribution is -0.130. The number of ether oxygens (including phenoxy) is 1. The van der Waals surface area contributed by atoms with Crippen LogP contribution in [0.25, 0.3) is 10.9 Å². The lowest BCUT2D eigenvalue weighted by Gasteiger charge is -2.30. The Bertz CT molecular complexity index is 824. The van der Waals surface area contributed by atoms with E-state index in [1.54, 1.807) is 13.0 Å². The summed E-state index contributed by atoms with van der Waals surface area (Å²) in [6.45, 7) is 7.82.